The van der Waals surface area contributed by atoms with Crippen LogP contribution in [0.15, 0.2) is 22.7 Å². The van der Waals surface area contributed by atoms with E-state index in [-0.39, 0.29) is 18.2 Å². The molecule has 1 spiro atoms. The zero-order chi connectivity index (χ0) is 19.7. The molecule has 2 aromatic heterocycles. The summed E-state index contributed by atoms with van der Waals surface area (Å²) in [5, 5.41) is 3.73. The van der Waals surface area contributed by atoms with Crippen molar-refractivity contribution in [3.8, 4) is 0 Å². The van der Waals surface area contributed by atoms with Crippen molar-refractivity contribution in [1.82, 2.24) is 24.9 Å². The van der Waals surface area contributed by atoms with Gasteiger partial charge in [0.25, 0.3) is 0 Å². The van der Waals surface area contributed by atoms with Crippen LogP contribution in [0, 0.1) is 19.3 Å². The Morgan fingerprint density at radius 1 is 1.21 bits per heavy atom. The number of aryl methyl sites for hydroxylation is 2. The van der Waals surface area contributed by atoms with Crippen LogP contribution in [0.1, 0.15) is 42.4 Å². The predicted octanol–water partition coefficient (Wildman–Crippen LogP) is 1.67. The predicted molar refractivity (Wildman–Crippen MR) is 100.0 cm³/mol. The number of nitrogens with zero attached hydrogens (tertiary/aromatic N) is 5. The molecule has 0 radical (unpaired) electrons. The number of carbonyl (C=O) groups is 2. The van der Waals surface area contributed by atoms with Gasteiger partial charge < -0.3 is 14.3 Å². The fraction of sp³-hybridized carbons (Fsp3) is 0.550. The molecule has 0 bridgehead atoms. The normalized spacial score (nSPS) is 22.3. The largest absolute Gasteiger partial charge is 0.341 e. The number of amides is 2. The summed E-state index contributed by atoms with van der Waals surface area (Å²) < 4.78 is 5.07. The van der Waals surface area contributed by atoms with Crippen LogP contribution in [0.3, 0.4) is 0 Å². The van der Waals surface area contributed by atoms with Crippen molar-refractivity contribution in [3.05, 3.63) is 41.3 Å². The van der Waals surface area contributed by atoms with Crippen LogP contribution < -0.4 is 0 Å². The summed E-state index contributed by atoms with van der Waals surface area (Å²) in [6.45, 7) is 6.04. The minimum absolute atomic E-state index is 0.0608. The van der Waals surface area contributed by atoms with Gasteiger partial charge >= 0.3 is 0 Å². The van der Waals surface area contributed by atoms with Gasteiger partial charge in [0.2, 0.25) is 17.7 Å². The second kappa shape index (κ2) is 7.33. The average molecular weight is 383 g/mol. The van der Waals surface area contributed by atoms with Crippen LogP contribution in [-0.2, 0) is 22.6 Å². The lowest BCUT2D eigenvalue weighted by Gasteiger charge is -2.39. The van der Waals surface area contributed by atoms with Crippen molar-refractivity contribution in [3.63, 3.8) is 0 Å². The monoisotopic (exact) mass is 383 g/mol. The Morgan fingerprint density at radius 3 is 2.82 bits per heavy atom. The Hall–Kier alpha value is -2.77. The third kappa shape index (κ3) is 3.63. The molecular formula is C20H25N5O3. The van der Waals surface area contributed by atoms with Gasteiger partial charge in [-0.1, -0.05) is 11.2 Å². The number of aromatic nitrogens is 3. The molecule has 2 aliphatic rings. The Bertz CT molecular complexity index is 895. The maximum absolute atomic E-state index is 13.2. The van der Waals surface area contributed by atoms with Crippen molar-refractivity contribution in [2.45, 2.75) is 46.1 Å². The first kappa shape index (κ1) is 18.6. The molecule has 2 aliphatic heterocycles. The summed E-state index contributed by atoms with van der Waals surface area (Å²) >= 11 is 0. The van der Waals surface area contributed by atoms with Gasteiger partial charge in [-0.15, -0.1) is 0 Å². The summed E-state index contributed by atoms with van der Waals surface area (Å²) in [6.07, 6.45) is 2.52. The van der Waals surface area contributed by atoms with Crippen LogP contribution >= 0.6 is 0 Å². The Kier molecular flexibility index (Phi) is 4.87. The first-order valence-electron chi connectivity index (χ1n) is 9.74. The van der Waals surface area contributed by atoms with E-state index >= 15 is 0 Å². The number of piperidine rings is 1. The van der Waals surface area contributed by atoms with Crippen LogP contribution in [0.2, 0.25) is 0 Å². The number of likely N-dealkylation sites (tertiary alicyclic amines) is 2. The van der Waals surface area contributed by atoms with Crippen molar-refractivity contribution in [2.75, 3.05) is 19.6 Å². The summed E-state index contributed by atoms with van der Waals surface area (Å²) in [5.41, 5.74) is 1.38. The topological polar surface area (TPSA) is 92.4 Å². The maximum atomic E-state index is 13.2. The molecule has 4 heterocycles. The zero-order valence-corrected chi connectivity index (χ0v) is 16.3. The molecule has 0 aromatic carbocycles. The van der Waals surface area contributed by atoms with Gasteiger partial charge in [-0.3, -0.25) is 14.6 Å². The number of rotatable bonds is 4. The van der Waals surface area contributed by atoms with E-state index in [2.05, 4.69) is 15.1 Å². The SMILES string of the molecule is Cc1cccc(CN2CC[C@]3(CCCN(C(=O)Cc4nc(C)no4)C3)C2=O)n1. The number of hydrogen-bond donors (Lipinski definition) is 0. The fourth-order valence-corrected chi connectivity index (χ4v) is 4.30. The average Bonchev–Trinajstić information content (AvgIpc) is 3.20. The van der Waals surface area contributed by atoms with E-state index in [9.17, 15) is 9.59 Å². The lowest BCUT2D eigenvalue weighted by Crippen LogP contribution is -2.50. The van der Waals surface area contributed by atoms with Crippen LogP contribution in [0.4, 0.5) is 0 Å². The van der Waals surface area contributed by atoms with Gasteiger partial charge in [0.15, 0.2) is 5.82 Å². The third-order valence-electron chi connectivity index (χ3n) is 5.70. The molecule has 4 rings (SSSR count). The highest BCUT2D eigenvalue weighted by Gasteiger charge is 2.49. The molecule has 8 nitrogen and oxygen atoms in total. The van der Waals surface area contributed by atoms with E-state index < -0.39 is 5.41 Å². The van der Waals surface area contributed by atoms with E-state index in [1.807, 2.05) is 30.0 Å². The maximum Gasteiger partial charge on any atom is 0.236 e. The highest BCUT2D eigenvalue weighted by molar-refractivity contribution is 5.86. The zero-order valence-electron chi connectivity index (χ0n) is 16.3. The summed E-state index contributed by atoms with van der Waals surface area (Å²) in [5.74, 6) is 0.924. The molecule has 2 amide bonds. The Balaban J connectivity index is 1.42. The molecule has 2 aromatic rings. The second-order valence-electron chi connectivity index (χ2n) is 7.86. The van der Waals surface area contributed by atoms with Gasteiger partial charge in [0.05, 0.1) is 17.7 Å². The third-order valence-corrected chi connectivity index (χ3v) is 5.70. The van der Waals surface area contributed by atoms with Gasteiger partial charge in [-0.2, -0.15) is 4.98 Å². The van der Waals surface area contributed by atoms with E-state index in [0.717, 1.165) is 30.7 Å². The molecule has 0 N–H and O–H groups in total. The molecule has 2 fully saturated rings. The highest BCUT2D eigenvalue weighted by atomic mass is 16.5. The first-order valence-corrected chi connectivity index (χ1v) is 9.74. The van der Waals surface area contributed by atoms with E-state index in [1.54, 1.807) is 11.8 Å². The molecule has 0 unspecified atom stereocenters. The number of pyridine rings is 1. The molecule has 2 saturated heterocycles. The van der Waals surface area contributed by atoms with Gasteiger partial charge in [0.1, 0.15) is 6.42 Å². The summed E-state index contributed by atoms with van der Waals surface area (Å²) in [6, 6.07) is 5.87. The standard InChI is InChI=1S/C20H25N5O3/c1-14-5-3-6-16(21-14)12-24-10-8-20(19(24)27)7-4-9-25(13-20)18(26)11-17-22-15(2)23-28-17/h3,5-6H,4,7-13H2,1-2H3/t20-/m0/s1. The summed E-state index contributed by atoms with van der Waals surface area (Å²) in [7, 11) is 0. The lowest BCUT2D eigenvalue weighted by molar-refractivity contribution is -0.143. The Labute approximate surface area is 163 Å². The molecule has 1 atom stereocenters. The van der Waals surface area contributed by atoms with Crippen LogP contribution in [0.5, 0.6) is 0 Å². The van der Waals surface area contributed by atoms with Gasteiger partial charge in [-0.05, 0) is 45.2 Å². The first-order chi connectivity index (χ1) is 13.4. The molecule has 0 aliphatic carbocycles. The minimum Gasteiger partial charge on any atom is -0.341 e. The van der Waals surface area contributed by atoms with Crippen LogP contribution in [-0.4, -0.2) is 56.4 Å². The van der Waals surface area contributed by atoms with E-state index in [4.69, 9.17) is 4.52 Å². The smallest absolute Gasteiger partial charge is 0.236 e. The summed E-state index contributed by atoms with van der Waals surface area (Å²) in [4.78, 5) is 38.2. The second-order valence-corrected chi connectivity index (χ2v) is 7.86. The fourth-order valence-electron chi connectivity index (χ4n) is 4.30. The molecular weight excluding hydrogens is 358 g/mol. The highest BCUT2D eigenvalue weighted by Crippen LogP contribution is 2.40. The van der Waals surface area contributed by atoms with Crippen molar-refractivity contribution in [2.24, 2.45) is 5.41 Å². The molecule has 0 saturated carbocycles. The minimum atomic E-state index is -0.470. The van der Waals surface area contributed by atoms with Gasteiger partial charge in [0, 0.05) is 25.3 Å². The number of hydrogen-bond acceptors (Lipinski definition) is 6. The Morgan fingerprint density at radius 2 is 2.07 bits per heavy atom. The van der Waals surface area contributed by atoms with Crippen molar-refractivity contribution in [1.29, 1.82) is 0 Å². The van der Waals surface area contributed by atoms with E-state index in [1.165, 1.54) is 0 Å². The van der Waals surface area contributed by atoms with Crippen molar-refractivity contribution >= 4 is 11.8 Å². The number of carbonyl (C=O) groups excluding carboxylic acids is 2. The molecule has 8 heteroatoms. The van der Waals surface area contributed by atoms with Crippen molar-refractivity contribution < 1.29 is 14.1 Å². The molecule has 148 valence electrons. The quantitative estimate of drug-likeness (QED) is 0.797. The van der Waals surface area contributed by atoms with E-state index in [0.29, 0.717) is 37.9 Å². The van der Waals surface area contributed by atoms with Gasteiger partial charge in [-0.25, -0.2) is 0 Å². The lowest BCUT2D eigenvalue weighted by atomic mass is 9.78. The van der Waals surface area contributed by atoms with Crippen LogP contribution in [0.25, 0.3) is 0 Å². The molecule has 28 heavy (non-hydrogen) atoms.